The summed E-state index contributed by atoms with van der Waals surface area (Å²) in [6.45, 7) is 10.9. The van der Waals surface area contributed by atoms with E-state index in [1.807, 2.05) is 0 Å². The first-order valence-electron chi connectivity index (χ1n) is 7.70. The summed E-state index contributed by atoms with van der Waals surface area (Å²) >= 11 is 0. The molecule has 1 heterocycles. The average Bonchev–Trinajstić information content (AvgIpc) is 2.74. The summed E-state index contributed by atoms with van der Waals surface area (Å²) in [4.78, 5) is 2.79. The van der Waals surface area contributed by atoms with Gasteiger partial charge in [0.25, 0.3) is 0 Å². The van der Waals surface area contributed by atoms with Crippen molar-refractivity contribution >= 4 is 0 Å². The van der Waals surface area contributed by atoms with Crippen molar-refractivity contribution in [3.63, 3.8) is 0 Å². The molecule has 100 valence electrons. The SMILES string of the molecule is CCC1CN(CC2CCC(C)C2)C(CC)CN1. The van der Waals surface area contributed by atoms with E-state index in [2.05, 4.69) is 31.0 Å². The minimum Gasteiger partial charge on any atom is -0.311 e. The van der Waals surface area contributed by atoms with Crippen LogP contribution in [0.3, 0.4) is 0 Å². The van der Waals surface area contributed by atoms with Crippen molar-refractivity contribution < 1.29 is 0 Å². The second kappa shape index (κ2) is 6.19. The molecule has 4 atom stereocenters. The zero-order chi connectivity index (χ0) is 12.3. The third-order valence-corrected chi connectivity index (χ3v) is 4.87. The van der Waals surface area contributed by atoms with Gasteiger partial charge in [-0.05, 0) is 37.5 Å². The molecule has 0 aromatic carbocycles. The van der Waals surface area contributed by atoms with Gasteiger partial charge in [0.1, 0.15) is 0 Å². The second-order valence-corrected chi connectivity index (χ2v) is 6.31. The fraction of sp³-hybridized carbons (Fsp3) is 1.00. The Hall–Kier alpha value is -0.0800. The van der Waals surface area contributed by atoms with Crippen LogP contribution in [0, 0.1) is 11.8 Å². The first-order chi connectivity index (χ1) is 8.22. The highest BCUT2D eigenvalue weighted by molar-refractivity contribution is 4.87. The Kier molecular flexibility index (Phi) is 4.87. The molecule has 17 heavy (non-hydrogen) atoms. The van der Waals surface area contributed by atoms with Crippen LogP contribution >= 0.6 is 0 Å². The van der Waals surface area contributed by atoms with Gasteiger partial charge in [0.15, 0.2) is 0 Å². The van der Waals surface area contributed by atoms with E-state index < -0.39 is 0 Å². The maximum absolute atomic E-state index is 3.69. The Balaban J connectivity index is 1.86. The Morgan fingerprint density at radius 2 is 2.00 bits per heavy atom. The van der Waals surface area contributed by atoms with E-state index in [1.165, 1.54) is 51.7 Å². The maximum atomic E-state index is 3.69. The molecule has 0 bridgehead atoms. The number of rotatable bonds is 4. The lowest BCUT2D eigenvalue weighted by Crippen LogP contribution is -2.56. The zero-order valence-electron chi connectivity index (χ0n) is 11.9. The summed E-state index contributed by atoms with van der Waals surface area (Å²) in [6, 6.07) is 1.52. The standard InChI is InChI=1S/C15H30N2/c1-4-14-11-17(15(5-2)9-16-14)10-13-7-6-12(3)8-13/h12-16H,4-11H2,1-3H3. The molecule has 1 N–H and O–H groups in total. The number of nitrogens with one attached hydrogen (secondary N) is 1. The van der Waals surface area contributed by atoms with E-state index in [1.54, 1.807) is 0 Å². The van der Waals surface area contributed by atoms with Crippen LogP contribution in [0.25, 0.3) is 0 Å². The minimum atomic E-state index is 0.733. The molecule has 1 aliphatic carbocycles. The van der Waals surface area contributed by atoms with Gasteiger partial charge in [-0.15, -0.1) is 0 Å². The Morgan fingerprint density at radius 3 is 2.59 bits per heavy atom. The van der Waals surface area contributed by atoms with Gasteiger partial charge in [-0.1, -0.05) is 27.2 Å². The van der Waals surface area contributed by atoms with Crippen LogP contribution in [0.2, 0.25) is 0 Å². The number of hydrogen-bond acceptors (Lipinski definition) is 2. The Bertz CT molecular complexity index is 229. The van der Waals surface area contributed by atoms with Crippen LogP contribution in [-0.2, 0) is 0 Å². The van der Waals surface area contributed by atoms with Crippen LogP contribution in [0.4, 0.5) is 0 Å². The molecule has 0 aromatic heterocycles. The minimum absolute atomic E-state index is 0.733. The summed E-state index contributed by atoms with van der Waals surface area (Å²) in [5.74, 6) is 1.96. The highest BCUT2D eigenvalue weighted by atomic mass is 15.2. The van der Waals surface area contributed by atoms with Crippen molar-refractivity contribution in [2.75, 3.05) is 19.6 Å². The lowest BCUT2D eigenvalue weighted by Gasteiger charge is -2.41. The molecule has 2 aliphatic rings. The van der Waals surface area contributed by atoms with E-state index in [0.717, 1.165) is 23.9 Å². The topological polar surface area (TPSA) is 15.3 Å². The lowest BCUT2D eigenvalue weighted by molar-refractivity contribution is 0.105. The van der Waals surface area contributed by atoms with Crippen LogP contribution in [0.1, 0.15) is 52.9 Å². The molecule has 0 radical (unpaired) electrons. The molecular weight excluding hydrogens is 208 g/mol. The van der Waals surface area contributed by atoms with Gasteiger partial charge in [0, 0.05) is 31.7 Å². The van der Waals surface area contributed by atoms with Crippen LogP contribution < -0.4 is 5.32 Å². The van der Waals surface area contributed by atoms with Crippen LogP contribution in [-0.4, -0.2) is 36.6 Å². The van der Waals surface area contributed by atoms with Gasteiger partial charge in [-0.25, -0.2) is 0 Å². The van der Waals surface area contributed by atoms with Crippen molar-refractivity contribution in [3.05, 3.63) is 0 Å². The van der Waals surface area contributed by atoms with Gasteiger partial charge >= 0.3 is 0 Å². The first-order valence-corrected chi connectivity index (χ1v) is 7.70. The summed E-state index contributed by atoms with van der Waals surface area (Å²) in [5, 5.41) is 3.69. The van der Waals surface area contributed by atoms with Gasteiger partial charge in [0.2, 0.25) is 0 Å². The maximum Gasteiger partial charge on any atom is 0.0218 e. The van der Waals surface area contributed by atoms with Gasteiger partial charge < -0.3 is 5.32 Å². The molecule has 0 amide bonds. The number of piperazine rings is 1. The molecule has 1 saturated heterocycles. The van der Waals surface area contributed by atoms with E-state index in [0.29, 0.717) is 0 Å². The second-order valence-electron chi connectivity index (χ2n) is 6.31. The fourth-order valence-corrected chi connectivity index (χ4v) is 3.65. The van der Waals surface area contributed by atoms with E-state index in [9.17, 15) is 0 Å². The molecule has 2 fully saturated rings. The normalized spacial score (nSPS) is 39.7. The highest BCUT2D eigenvalue weighted by Crippen LogP contribution is 2.31. The molecule has 0 spiro atoms. The number of hydrogen-bond donors (Lipinski definition) is 1. The zero-order valence-corrected chi connectivity index (χ0v) is 11.9. The molecule has 2 heteroatoms. The monoisotopic (exact) mass is 238 g/mol. The van der Waals surface area contributed by atoms with Crippen LogP contribution in [0.15, 0.2) is 0 Å². The molecule has 1 saturated carbocycles. The predicted molar refractivity (Wildman–Crippen MR) is 74.2 cm³/mol. The van der Waals surface area contributed by atoms with E-state index in [-0.39, 0.29) is 0 Å². The molecular formula is C15H30N2. The van der Waals surface area contributed by atoms with Gasteiger partial charge in [-0.3, -0.25) is 4.90 Å². The fourth-order valence-electron chi connectivity index (χ4n) is 3.65. The average molecular weight is 238 g/mol. The van der Waals surface area contributed by atoms with E-state index in [4.69, 9.17) is 0 Å². The predicted octanol–water partition coefficient (Wildman–Crippen LogP) is 2.89. The smallest absolute Gasteiger partial charge is 0.0218 e. The summed E-state index contributed by atoms with van der Waals surface area (Å²) < 4.78 is 0. The van der Waals surface area contributed by atoms with Crippen molar-refractivity contribution in [2.45, 2.75) is 65.0 Å². The van der Waals surface area contributed by atoms with Crippen molar-refractivity contribution in [3.8, 4) is 0 Å². The van der Waals surface area contributed by atoms with Gasteiger partial charge in [-0.2, -0.15) is 0 Å². The quantitative estimate of drug-likeness (QED) is 0.810. The summed E-state index contributed by atoms with van der Waals surface area (Å²) in [6.07, 6.45) is 6.97. The third-order valence-electron chi connectivity index (χ3n) is 4.87. The third kappa shape index (κ3) is 3.45. The van der Waals surface area contributed by atoms with Crippen molar-refractivity contribution in [1.82, 2.24) is 10.2 Å². The van der Waals surface area contributed by atoms with E-state index >= 15 is 0 Å². The Labute approximate surface area is 107 Å². The molecule has 4 unspecified atom stereocenters. The van der Waals surface area contributed by atoms with Crippen molar-refractivity contribution in [1.29, 1.82) is 0 Å². The van der Waals surface area contributed by atoms with Crippen LogP contribution in [0.5, 0.6) is 0 Å². The number of nitrogens with zero attached hydrogens (tertiary/aromatic N) is 1. The molecule has 1 aliphatic heterocycles. The molecule has 0 aromatic rings. The molecule has 2 rings (SSSR count). The van der Waals surface area contributed by atoms with Crippen molar-refractivity contribution in [2.24, 2.45) is 11.8 Å². The largest absolute Gasteiger partial charge is 0.311 e. The first kappa shape index (κ1) is 13.4. The van der Waals surface area contributed by atoms with Gasteiger partial charge in [0.05, 0.1) is 0 Å². The summed E-state index contributed by atoms with van der Waals surface area (Å²) in [5.41, 5.74) is 0. The molecule has 2 nitrogen and oxygen atoms in total. The Morgan fingerprint density at radius 1 is 1.18 bits per heavy atom. The lowest BCUT2D eigenvalue weighted by atomic mass is 10.0. The highest BCUT2D eigenvalue weighted by Gasteiger charge is 2.30. The summed E-state index contributed by atoms with van der Waals surface area (Å²) in [7, 11) is 0.